The molecule has 5 heteroatoms. The molecule has 2 heterocycles. The average Bonchev–Trinajstić information content (AvgIpc) is 2.63. The van der Waals surface area contributed by atoms with Gasteiger partial charge in [0.2, 0.25) is 5.91 Å². The van der Waals surface area contributed by atoms with Crippen molar-refractivity contribution < 1.29 is 14.3 Å². The molecule has 3 rings (SSSR count). The summed E-state index contributed by atoms with van der Waals surface area (Å²) in [6, 6.07) is 12.5. The molecule has 0 aliphatic carbocycles. The molecular weight excluding hydrogens is 304 g/mol. The van der Waals surface area contributed by atoms with Gasteiger partial charge in [0.1, 0.15) is 5.75 Å². The van der Waals surface area contributed by atoms with Gasteiger partial charge < -0.3 is 14.8 Å². The van der Waals surface area contributed by atoms with E-state index in [-0.39, 0.29) is 11.8 Å². The number of ether oxygens (including phenoxy) is 1. The molecule has 1 aromatic carbocycles. The summed E-state index contributed by atoms with van der Waals surface area (Å²) in [5.41, 5.74) is 0.663. The van der Waals surface area contributed by atoms with E-state index in [1.54, 1.807) is 30.3 Å². The summed E-state index contributed by atoms with van der Waals surface area (Å²) >= 11 is 0. The number of piperidine rings is 1. The van der Waals surface area contributed by atoms with Crippen LogP contribution < -0.4 is 9.47 Å². The van der Waals surface area contributed by atoms with Crippen LogP contribution in [0.4, 0.5) is 0 Å². The second kappa shape index (κ2) is 7.64. The van der Waals surface area contributed by atoms with Crippen molar-refractivity contribution in [3.63, 3.8) is 0 Å². The lowest BCUT2D eigenvalue weighted by Crippen LogP contribution is -2.34. The Labute approximate surface area is 141 Å². The second-order valence-corrected chi connectivity index (χ2v) is 5.76. The molecule has 1 fully saturated rings. The van der Waals surface area contributed by atoms with Crippen LogP contribution in [-0.4, -0.2) is 23.9 Å². The van der Waals surface area contributed by atoms with E-state index in [0.29, 0.717) is 16.0 Å². The van der Waals surface area contributed by atoms with Crippen molar-refractivity contribution in [2.75, 3.05) is 13.1 Å². The van der Waals surface area contributed by atoms with Crippen LogP contribution in [0.15, 0.2) is 54.7 Å². The van der Waals surface area contributed by atoms with Crippen LogP contribution >= 0.6 is 0 Å². The van der Waals surface area contributed by atoms with Crippen molar-refractivity contribution in [1.82, 2.24) is 4.90 Å². The highest BCUT2D eigenvalue weighted by molar-refractivity contribution is 5.91. The third-order valence-corrected chi connectivity index (χ3v) is 3.95. The van der Waals surface area contributed by atoms with Crippen LogP contribution in [0.2, 0.25) is 0 Å². The third kappa shape index (κ3) is 4.13. The minimum absolute atomic E-state index is 0.00300. The lowest BCUT2D eigenvalue weighted by atomic mass is 10.1. The van der Waals surface area contributed by atoms with Crippen molar-refractivity contribution >= 4 is 12.0 Å². The summed E-state index contributed by atoms with van der Waals surface area (Å²) in [5, 5.41) is 12.1. The largest absolute Gasteiger partial charge is 0.616 e. The van der Waals surface area contributed by atoms with E-state index in [2.05, 4.69) is 0 Å². The molecule has 1 saturated heterocycles. The van der Waals surface area contributed by atoms with Gasteiger partial charge in [-0.25, -0.2) is 0 Å². The van der Waals surface area contributed by atoms with Crippen molar-refractivity contribution in [2.24, 2.45) is 0 Å². The van der Waals surface area contributed by atoms with Gasteiger partial charge in [0.05, 0.1) is 6.07 Å². The van der Waals surface area contributed by atoms with E-state index in [4.69, 9.17) is 4.74 Å². The van der Waals surface area contributed by atoms with Crippen molar-refractivity contribution in [3.8, 4) is 11.6 Å². The lowest BCUT2D eigenvalue weighted by Gasteiger charge is -2.25. The van der Waals surface area contributed by atoms with Gasteiger partial charge in [-0.15, -0.1) is 4.73 Å². The summed E-state index contributed by atoms with van der Waals surface area (Å²) in [5.74, 6) is 0.795. The Balaban J connectivity index is 1.65. The standard InChI is InChI=1S/C19H20N2O3/c22-18(20-13-5-2-6-14-20)11-9-16-10-12-19(21(23)15-16)24-17-7-3-1-4-8-17/h1,3-4,7-12,15H,2,5-6,13-14H2. The maximum Gasteiger partial charge on any atom is 0.384 e. The number of amides is 1. The topological polar surface area (TPSA) is 56.5 Å². The highest BCUT2D eigenvalue weighted by Gasteiger charge is 2.14. The number of pyridine rings is 1. The maximum atomic E-state index is 12.1. The van der Waals surface area contributed by atoms with Gasteiger partial charge in [-0.3, -0.25) is 4.79 Å². The maximum absolute atomic E-state index is 12.1. The molecule has 1 aliphatic heterocycles. The fraction of sp³-hybridized carbons (Fsp3) is 0.263. The molecule has 0 atom stereocenters. The monoisotopic (exact) mass is 324 g/mol. The van der Waals surface area contributed by atoms with Crippen LogP contribution in [0.25, 0.3) is 6.08 Å². The minimum atomic E-state index is -0.00300. The smallest absolute Gasteiger partial charge is 0.384 e. The second-order valence-electron chi connectivity index (χ2n) is 5.76. The summed E-state index contributed by atoms with van der Waals surface area (Å²) in [6.07, 6.45) is 7.90. The SMILES string of the molecule is O=C(C=Cc1ccc(Oc2ccccc2)[n+]([O-])c1)N1CCCCC1. The number of aromatic nitrogens is 1. The van der Waals surface area contributed by atoms with Crippen LogP contribution in [0, 0.1) is 5.21 Å². The summed E-state index contributed by atoms with van der Waals surface area (Å²) in [4.78, 5) is 13.9. The Morgan fingerprint density at radius 3 is 2.54 bits per heavy atom. The Morgan fingerprint density at radius 2 is 1.83 bits per heavy atom. The summed E-state index contributed by atoms with van der Waals surface area (Å²) < 4.78 is 6.20. The number of carbonyl (C=O) groups is 1. The van der Waals surface area contributed by atoms with Gasteiger partial charge in [0.15, 0.2) is 6.20 Å². The Bertz CT molecular complexity index is 723. The number of rotatable bonds is 4. The zero-order valence-corrected chi connectivity index (χ0v) is 13.4. The number of benzene rings is 1. The number of nitrogens with zero attached hydrogens (tertiary/aromatic N) is 2. The van der Waals surface area contributed by atoms with E-state index in [1.165, 1.54) is 18.7 Å². The van der Waals surface area contributed by atoms with E-state index < -0.39 is 0 Å². The molecule has 124 valence electrons. The molecule has 1 amide bonds. The lowest BCUT2D eigenvalue weighted by molar-refractivity contribution is -0.611. The Morgan fingerprint density at radius 1 is 1.08 bits per heavy atom. The number of hydrogen-bond acceptors (Lipinski definition) is 3. The molecule has 0 spiro atoms. The van der Waals surface area contributed by atoms with Crippen LogP contribution in [0.5, 0.6) is 11.6 Å². The van der Waals surface area contributed by atoms with Gasteiger partial charge in [-0.2, -0.15) is 0 Å². The highest BCUT2D eigenvalue weighted by Crippen LogP contribution is 2.17. The van der Waals surface area contributed by atoms with Crippen LogP contribution in [-0.2, 0) is 4.79 Å². The first-order valence-corrected chi connectivity index (χ1v) is 8.15. The molecule has 24 heavy (non-hydrogen) atoms. The predicted octanol–water partition coefficient (Wildman–Crippen LogP) is 3.14. The van der Waals surface area contributed by atoms with Gasteiger partial charge >= 0.3 is 5.88 Å². The zero-order valence-electron chi connectivity index (χ0n) is 13.4. The third-order valence-electron chi connectivity index (χ3n) is 3.95. The van der Waals surface area contributed by atoms with Gasteiger partial charge in [0, 0.05) is 24.7 Å². The molecule has 1 aliphatic rings. The van der Waals surface area contributed by atoms with Crippen molar-refractivity contribution in [3.05, 3.63) is 65.5 Å². The number of para-hydroxylation sites is 1. The van der Waals surface area contributed by atoms with Crippen molar-refractivity contribution in [2.45, 2.75) is 19.3 Å². The highest BCUT2D eigenvalue weighted by atomic mass is 16.6. The minimum Gasteiger partial charge on any atom is -0.616 e. The van der Waals surface area contributed by atoms with Crippen LogP contribution in [0.3, 0.4) is 0 Å². The van der Waals surface area contributed by atoms with Gasteiger partial charge in [-0.1, -0.05) is 18.2 Å². The molecule has 1 aromatic heterocycles. The normalized spacial score (nSPS) is 14.8. The predicted molar refractivity (Wildman–Crippen MR) is 91.4 cm³/mol. The molecule has 0 unspecified atom stereocenters. The van der Waals surface area contributed by atoms with E-state index in [0.717, 1.165) is 25.9 Å². The van der Waals surface area contributed by atoms with Gasteiger partial charge in [-0.05, 0) is 43.5 Å². The molecule has 0 radical (unpaired) electrons. The first kappa shape index (κ1) is 16.1. The summed E-state index contributed by atoms with van der Waals surface area (Å²) in [7, 11) is 0. The molecule has 0 saturated carbocycles. The van der Waals surface area contributed by atoms with Gasteiger partial charge in [0.25, 0.3) is 0 Å². The fourth-order valence-electron chi connectivity index (χ4n) is 2.66. The molecule has 0 bridgehead atoms. The fourth-order valence-corrected chi connectivity index (χ4v) is 2.66. The quantitative estimate of drug-likeness (QED) is 0.493. The first-order valence-electron chi connectivity index (χ1n) is 8.15. The first-order chi connectivity index (χ1) is 11.7. The van der Waals surface area contributed by atoms with E-state index >= 15 is 0 Å². The molecule has 5 nitrogen and oxygen atoms in total. The molecule has 2 aromatic rings. The van der Waals surface area contributed by atoms with Crippen LogP contribution in [0.1, 0.15) is 24.8 Å². The van der Waals surface area contributed by atoms with E-state index in [1.807, 2.05) is 23.1 Å². The van der Waals surface area contributed by atoms with Crippen molar-refractivity contribution in [1.29, 1.82) is 0 Å². The zero-order chi connectivity index (χ0) is 16.8. The number of likely N-dealkylation sites (tertiary alicyclic amines) is 1. The molecule has 0 N–H and O–H groups in total. The average molecular weight is 324 g/mol. The number of hydrogen-bond donors (Lipinski definition) is 0. The van der Waals surface area contributed by atoms with E-state index in [9.17, 15) is 10.0 Å². The number of carbonyl (C=O) groups excluding carboxylic acids is 1. The summed E-state index contributed by atoms with van der Waals surface area (Å²) in [6.45, 7) is 1.63. The Kier molecular flexibility index (Phi) is 5.11. The molecular formula is C19H20N2O3. The Hall–Kier alpha value is -2.82.